The van der Waals surface area contributed by atoms with Crippen LogP contribution in [0.2, 0.25) is 0 Å². The number of ether oxygens (including phenoxy) is 2. The molecule has 0 atom stereocenters. The highest BCUT2D eigenvalue weighted by atomic mass is 16.5. The predicted octanol–water partition coefficient (Wildman–Crippen LogP) is 2.96. The Morgan fingerprint density at radius 2 is 1.84 bits per heavy atom. The number of rotatable bonds is 9. The zero-order valence-corrected chi connectivity index (χ0v) is 18.6. The Kier molecular flexibility index (Phi) is 8.29. The standard InChI is InChI=1S/C24H32N4O3/c1-4-30-21-10-8-19(17-22(21)31-5-2)9-11-23(29)26-18-20-7-6-12-25-24(20)28-15-13-27(3)14-16-28/h6-12,17H,4-5,13-16,18H2,1-3H3,(H,26,29)/b11-9+. The number of carbonyl (C=O) groups is 1. The molecule has 7 nitrogen and oxygen atoms in total. The largest absolute Gasteiger partial charge is 0.490 e. The molecular weight excluding hydrogens is 392 g/mol. The van der Waals surface area contributed by atoms with E-state index in [1.165, 1.54) is 6.08 Å². The zero-order valence-electron chi connectivity index (χ0n) is 18.6. The molecule has 0 saturated carbocycles. The molecule has 1 aliphatic heterocycles. The van der Waals surface area contributed by atoms with E-state index in [-0.39, 0.29) is 5.91 Å². The summed E-state index contributed by atoms with van der Waals surface area (Å²) in [6.45, 7) is 9.32. The molecule has 0 aliphatic carbocycles. The molecular formula is C24H32N4O3. The minimum Gasteiger partial charge on any atom is -0.490 e. The van der Waals surface area contributed by atoms with Crippen molar-refractivity contribution in [3.8, 4) is 11.5 Å². The molecule has 7 heteroatoms. The number of likely N-dealkylation sites (N-methyl/N-ethyl adjacent to an activating group) is 1. The number of nitrogens with one attached hydrogen (secondary N) is 1. The molecule has 31 heavy (non-hydrogen) atoms. The highest BCUT2D eigenvalue weighted by Gasteiger charge is 2.18. The minimum absolute atomic E-state index is 0.153. The molecule has 1 amide bonds. The van der Waals surface area contributed by atoms with Crippen molar-refractivity contribution in [3.05, 3.63) is 53.7 Å². The Morgan fingerprint density at radius 3 is 2.58 bits per heavy atom. The molecule has 166 valence electrons. The molecule has 1 aromatic heterocycles. The van der Waals surface area contributed by atoms with E-state index in [9.17, 15) is 4.79 Å². The second-order valence-corrected chi connectivity index (χ2v) is 7.40. The predicted molar refractivity (Wildman–Crippen MR) is 124 cm³/mol. The lowest BCUT2D eigenvalue weighted by Crippen LogP contribution is -2.45. The molecule has 1 aromatic carbocycles. The molecule has 0 radical (unpaired) electrons. The van der Waals surface area contributed by atoms with E-state index in [4.69, 9.17) is 9.47 Å². The number of aromatic nitrogens is 1. The monoisotopic (exact) mass is 424 g/mol. The van der Waals surface area contributed by atoms with Gasteiger partial charge in [0, 0.05) is 50.6 Å². The summed E-state index contributed by atoms with van der Waals surface area (Å²) in [7, 11) is 2.13. The molecule has 1 N–H and O–H groups in total. The Labute approximate surface area is 184 Å². The maximum absolute atomic E-state index is 12.4. The van der Waals surface area contributed by atoms with Gasteiger partial charge in [-0.25, -0.2) is 4.98 Å². The number of piperazine rings is 1. The average Bonchev–Trinajstić information content (AvgIpc) is 2.79. The van der Waals surface area contributed by atoms with Crippen LogP contribution in [0.15, 0.2) is 42.6 Å². The first-order chi connectivity index (χ1) is 15.1. The molecule has 1 saturated heterocycles. The highest BCUT2D eigenvalue weighted by Crippen LogP contribution is 2.29. The lowest BCUT2D eigenvalue weighted by atomic mass is 10.2. The average molecular weight is 425 g/mol. The lowest BCUT2D eigenvalue weighted by molar-refractivity contribution is -0.116. The fourth-order valence-electron chi connectivity index (χ4n) is 3.46. The van der Waals surface area contributed by atoms with Crippen molar-refractivity contribution in [2.75, 3.05) is 51.3 Å². The molecule has 3 rings (SSSR count). The topological polar surface area (TPSA) is 66.9 Å². The quantitative estimate of drug-likeness (QED) is 0.625. The van der Waals surface area contributed by atoms with Crippen LogP contribution in [0.25, 0.3) is 6.08 Å². The number of hydrogen-bond acceptors (Lipinski definition) is 6. The van der Waals surface area contributed by atoms with Crippen LogP contribution in [-0.4, -0.2) is 62.2 Å². The minimum atomic E-state index is -0.153. The van der Waals surface area contributed by atoms with E-state index >= 15 is 0 Å². The van der Waals surface area contributed by atoms with Gasteiger partial charge in [-0.2, -0.15) is 0 Å². The fraction of sp³-hybridized carbons (Fsp3) is 0.417. The fourth-order valence-corrected chi connectivity index (χ4v) is 3.46. The van der Waals surface area contributed by atoms with Crippen molar-refractivity contribution in [1.82, 2.24) is 15.2 Å². The number of benzene rings is 1. The zero-order chi connectivity index (χ0) is 22.1. The van der Waals surface area contributed by atoms with Gasteiger partial charge in [-0.05, 0) is 50.7 Å². The van der Waals surface area contributed by atoms with Gasteiger partial charge < -0.3 is 24.6 Å². The molecule has 0 spiro atoms. The third kappa shape index (κ3) is 6.46. The van der Waals surface area contributed by atoms with Crippen molar-refractivity contribution in [3.63, 3.8) is 0 Å². The summed E-state index contributed by atoms with van der Waals surface area (Å²) < 4.78 is 11.2. The summed E-state index contributed by atoms with van der Waals surface area (Å²) in [4.78, 5) is 21.6. The molecule has 2 aromatic rings. The van der Waals surface area contributed by atoms with Gasteiger partial charge in [0.1, 0.15) is 5.82 Å². The van der Waals surface area contributed by atoms with Crippen molar-refractivity contribution in [2.45, 2.75) is 20.4 Å². The van der Waals surface area contributed by atoms with Crippen molar-refractivity contribution in [1.29, 1.82) is 0 Å². The van der Waals surface area contributed by atoms with Crippen LogP contribution in [-0.2, 0) is 11.3 Å². The van der Waals surface area contributed by atoms with E-state index in [1.807, 2.05) is 44.2 Å². The molecule has 0 bridgehead atoms. The second kappa shape index (κ2) is 11.4. The smallest absolute Gasteiger partial charge is 0.244 e. The van der Waals surface area contributed by atoms with Gasteiger partial charge in [-0.15, -0.1) is 0 Å². The SMILES string of the molecule is CCOc1ccc(/C=C/C(=O)NCc2cccnc2N2CCN(C)CC2)cc1OCC. The summed E-state index contributed by atoms with van der Waals surface area (Å²) in [5, 5.41) is 2.97. The first kappa shape index (κ1) is 22.6. The molecule has 1 aliphatic rings. The summed E-state index contributed by atoms with van der Waals surface area (Å²) in [5.41, 5.74) is 1.90. The Hall–Kier alpha value is -3.06. The van der Waals surface area contributed by atoms with Crippen molar-refractivity contribution >= 4 is 17.8 Å². The Bertz CT molecular complexity index is 892. The summed E-state index contributed by atoms with van der Waals surface area (Å²) in [6, 6.07) is 9.58. The molecule has 0 unspecified atom stereocenters. The van der Waals surface area contributed by atoms with Crippen LogP contribution < -0.4 is 19.7 Å². The summed E-state index contributed by atoms with van der Waals surface area (Å²) in [5.74, 6) is 2.19. The number of carbonyl (C=O) groups excluding carboxylic acids is 1. The Balaban J connectivity index is 1.61. The van der Waals surface area contributed by atoms with E-state index in [1.54, 1.807) is 12.3 Å². The van der Waals surface area contributed by atoms with Crippen LogP contribution in [0.3, 0.4) is 0 Å². The number of nitrogens with zero attached hydrogens (tertiary/aromatic N) is 3. The number of amides is 1. The maximum Gasteiger partial charge on any atom is 0.244 e. The van der Waals surface area contributed by atoms with E-state index in [0.29, 0.717) is 31.3 Å². The van der Waals surface area contributed by atoms with E-state index < -0.39 is 0 Å². The van der Waals surface area contributed by atoms with Crippen LogP contribution in [0.5, 0.6) is 11.5 Å². The van der Waals surface area contributed by atoms with E-state index in [2.05, 4.69) is 27.1 Å². The van der Waals surface area contributed by atoms with Gasteiger partial charge in [0.25, 0.3) is 0 Å². The summed E-state index contributed by atoms with van der Waals surface area (Å²) >= 11 is 0. The lowest BCUT2D eigenvalue weighted by Gasteiger charge is -2.34. The van der Waals surface area contributed by atoms with Crippen LogP contribution in [0.1, 0.15) is 25.0 Å². The number of hydrogen-bond donors (Lipinski definition) is 1. The Morgan fingerprint density at radius 1 is 1.10 bits per heavy atom. The van der Waals surface area contributed by atoms with Gasteiger partial charge in [0.2, 0.25) is 5.91 Å². The first-order valence-electron chi connectivity index (χ1n) is 10.8. The third-order valence-electron chi connectivity index (χ3n) is 5.12. The van der Waals surface area contributed by atoms with Crippen LogP contribution in [0, 0.1) is 0 Å². The van der Waals surface area contributed by atoms with Crippen LogP contribution >= 0.6 is 0 Å². The second-order valence-electron chi connectivity index (χ2n) is 7.40. The van der Waals surface area contributed by atoms with Crippen LogP contribution in [0.4, 0.5) is 5.82 Å². The maximum atomic E-state index is 12.4. The van der Waals surface area contributed by atoms with E-state index in [0.717, 1.165) is 43.1 Å². The van der Waals surface area contributed by atoms with Gasteiger partial charge in [-0.1, -0.05) is 12.1 Å². The van der Waals surface area contributed by atoms with Gasteiger partial charge >= 0.3 is 0 Å². The van der Waals surface area contributed by atoms with Gasteiger partial charge in [-0.3, -0.25) is 4.79 Å². The highest BCUT2D eigenvalue weighted by molar-refractivity contribution is 5.91. The molecule has 1 fully saturated rings. The third-order valence-corrected chi connectivity index (χ3v) is 5.12. The normalized spacial score (nSPS) is 14.6. The number of anilines is 1. The first-order valence-corrected chi connectivity index (χ1v) is 10.8. The molecule has 2 heterocycles. The van der Waals surface area contributed by atoms with Gasteiger partial charge in [0.15, 0.2) is 11.5 Å². The van der Waals surface area contributed by atoms with Gasteiger partial charge in [0.05, 0.1) is 13.2 Å². The van der Waals surface area contributed by atoms with Crippen molar-refractivity contribution < 1.29 is 14.3 Å². The summed E-state index contributed by atoms with van der Waals surface area (Å²) in [6.07, 6.45) is 5.12. The number of pyridine rings is 1. The van der Waals surface area contributed by atoms with Crippen molar-refractivity contribution in [2.24, 2.45) is 0 Å².